The summed E-state index contributed by atoms with van der Waals surface area (Å²) in [6.07, 6.45) is 11.4. The third-order valence-corrected chi connectivity index (χ3v) is 4.49. The van der Waals surface area contributed by atoms with Crippen LogP contribution in [0.25, 0.3) is 5.82 Å². The van der Waals surface area contributed by atoms with Gasteiger partial charge < -0.3 is 5.32 Å². The molecule has 0 atom stereocenters. The summed E-state index contributed by atoms with van der Waals surface area (Å²) in [6, 6.07) is 4.24. The van der Waals surface area contributed by atoms with Crippen molar-refractivity contribution in [3.05, 3.63) is 42.6 Å². The molecule has 0 saturated carbocycles. The zero-order valence-corrected chi connectivity index (χ0v) is 13.3. The van der Waals surface area contributed by atoms with Crippen LogP contribution >= 0.6 is 0 Å². The second-order valence-electron chi connectivity index (χ2n) is 6.11. The van der Waals surface area contributed by atoms with Crippen molar-refractivity contribution in [3.8, 4) is 5.82 Å². The molecule has 22 heavy (non-hydrogen) atoms. The minimum atomic E-state index is 0.894. The smallest absolute Gasteiger partial charge is 0.137 e. The van der Waals surface area contributed by atoms with Crippen molar-refractivity contribution in [2.75, 3.05) is 26.7 Å². The van der Waals surface area contributed by atoms with E-state index in [1.54, 1.807) is 12.5 Å². The van der Waals surface area contributed by atoms with Gasteiger partial charge in [-0.2, -0.15) is 0 Å². The maximum atomic E-state index is 4.53. The van der Waals surface area contributed by atoms with Gasteiger partial charge in [-0.3, -0.25) is 9.47 Å². The normalized spacial score (nSPS) is 17.0. The summed E-state index contributed by atoms with van der Waals surface area (Å²) in [6.45, 7) is 4.57. The molecule has 118 valence electrons. The van der Waals surface area contributed by atoms with Gasteiger partial charge in [0.25, 0.3) is 0 Å². The van der Waals surface area contributed by atoms with Crippen molar-refractivity contribution < 1.29 is 0 Å². The van der Waals surface area contributed by atoms with Crippen LogP contribution in [-0.4, -0.2) is 46.1 Å². The molecule has 1 aliphatic rings. The number of rotatable bonds is 6. The SMILES string of the molecule is CNCCC1CCN(Cc2ccc(-n3ccnc3)nc2)CC1. The lowest BCUT2D eigenvalue weighted by atomic mass is 9.93. The maximum absolute atomic E-state index is 4.53. The number of piperidine rings is 1. The van der Waals surface area contributed by atoms with Crippen LogP contribution in [0.1, 0.15) is 24.8 Å². The number of hydrogen-bond donors (Lipinski definition) is 1. The van der Waals surface area contributed by atoms with E-state index < -0.39 is 0 Å². The molecule has 3 heterocycles. The average Bonchev–Trinajstić information content (AvgIpc) is 3.09. The highest BCUT2D eigenvalue weighted by Gasteiger charge is 2.18. The molecule has 0 unspecified atom stereocenters. The summed E-state index contributed by atoms with van der Waals surface area (Å²) in [4.78, 5) is 11.1. The fourth-order valence-corrected chi connectivity index (χ4v) is 3.10. The first-order valence-corrected chi connectivity index (χ1v) is 8.15. The molecule has 1 fully saturated rings. The van der Waals surface area contributed by atoms with E-state index in [2.05, 4.69) is 32.3 Å². The van der Waals surface area contributed by atoms with Gasteiger partial charge in [-0.1, -0.05) is 6.07 Å². The van der Waals surface area contributed by atoms with Crippen molar-refractivity contribution in [1.29, 1.82) is 0 Å². The molecule has 5 nitrogen and oxygen atoms in total. The summed E-state index contributed by atoms with van der Waals surface area (Å²) in [7, 11) is 2.04. The molecular formula is C17H25N5. The van der Waals surface area contributed by atoms with Crippen molar-refractivity contribution in [3.63, 3.8) is 0 Å². The van der Waals surface area contributed by atoms with E-state index in [-0.39, 0.29) is 0 Å². The number of pyridine rings is 1. The van der Waals surface area contributed by atoms with E-state index in [4.69, 9.17) is 0 Å². The molecule has 1 N–H and O–H groups in total. The van der Waals surface area contributed by atoms with Gasteiger partial charge in [0.05, 0.1) is 0 Å². The van der Waals surface area contributed by atoms with E-state index in [9.17, 15) is 0 Å². The van der Waals surface area contributed by atoms with Gasteiger partial charge >= 0.3 is 0 Å². The predicted octanol–water partition coefficient (Wildman–Crippen LogP) is 2.09. The Morgan fingerprint density at radius 2 is 2.14 bits per heavy atom. The highest BCUT2D eigenvalue weighted by atomic mass is 15.1. The fourth-order valence-electron chi connectivity index (χ4n) is 3.10. The molecule has 2 aromatic rings. The Bertz CT molecular complexity index is 541. The van der Waals surface area contributed by atoms with Crippen LogP contribution in [0.2, 0.25) is 0 Å². The van der Waals surface area contributed by atoms with Crippen LogP contribution in [0.4, 0.5) is 0 Å². The second-order valence-corrected chi connectivity index (χ2v) is 6.11. The van der Waals surface area contributed by atoms with Crippen molar-refractivity contribution in [1.82, 2.24) is 24.8 Å². The Hall–Kier alpha value is -1.72. The summed E-state index contributed by atoms with van der Waals surface area (Å²) in [5, 5.41) is 3.25. The number of hydrogen-bond acceptors (Lipinski definition) is 4. The van der Waals surface area contributed by atoms with E-state index in [0.29, 0.717) is 0 Å². The van der Waals surface area contributed by atoms with Gasteiger partial charge in [0.2, 0.25) is 0 Å². The van der Waals surface area contributed by atoms with Gasteiger partial charge in [0.15, 0.2) is 0 Å². The topological polar surface area (TPSA) is 46.0 Å². The molecule has 1 aliphatic heterocycles. The third-order valence-electron chi connectivity index (χ3n) is 4.49. The van der Waals surface area contributed by atoms with Crippen LogP contribution in [0.3, 0.4) is 0 Å². The Morgan fingerprint density at radius 3 is 2.77 bits per heavy atom. The standard InChI is InChI=1S/C17H25N5/c1-18-7-4-15-5-9-21(10-6-15)13-16-2-3-17(20-12-16)22-11-8-19-14-22/h2-3,8,11-12,14-15,18H,4-7,9-10,13H2,1H3. The first kappa shape index (κ1) is 15.2. The summed E-state index contributed by atoms with van der Waals surface area (Å²) in [5.74, 6) is 1.82. The molecular weight excluding hydrogens is 274 g/mol. The fraction of sp³-hybridized carbons (Fsp3) is 0.529. The summed E-state index contributed by atoms with van der Waals surface area (Å²) >= 11 is 0. The van der Waals surface area contributed by atoms with E-state index >= 15 is 0 Å². The number of likely N-dealkylation sites (tertiary alicyclic amines) is 1. The highest BCUT2D eigenvalue weighted by Crippen LogP contribution is 2.21. The van der Waals surface area contributed by atoms with Gasteiger partial charge in [-0.15, -0.1) is 0 Å². The molecule has 1 saturated heterocycles. The van der Waals surface area contributed by atoms with Crippen LogP contribution in [0.15, 0.2) is 37.1 Å². The number of nitrogens with one attached hydrogen (secondary N) is 1. The average molecular weight is 299 g/mol. The highest BCUT2D eigenvalue weighted by molar-refractivity contribution is 5.25. The van der Waals surface area contributed by atoms with Crippen LogP contribution in [-0.2, 0) is 6.54 Å². The van der Waals surface area contributed by atoms with Crippen LogP contribution < -0.4 is 5.32 Å². The quantitative estimate of drug-likeness (QED) is 0.887. The van der Waals surface area contributed by atoms with E-state index in [1.807, 2.05) is 24.0 Å². The molecule has 0 spiro atoms. The molecule has 0 amide bonds. The predicted molar refractivity (Wildman–Crippen MR) is 87.9 cm³/mol. The first-order valence-electron chi connectivity index (χ1n) is 8.15. The Balaban J connectivity index is 1.50. The lowest BCUT2D eigenvalue weighted by molar-refractivity contribution is 0.172. The molecule has 3 rings (SSSR count). The minimum Gasteiger partial charge on any atom is -0.320 e. The molecule has 5 heteroatoms. The zero-order valence-electron chi connectivity index (χ0n) is 13.3. The minimum absolute atomic E-state index is 0.894. The summed E-state index contributed by atoms with van der Waals surface area (Å²) in [5.41, 5.74) is 1.29. The first-order chi connectivity index (χ1) is 10.8. The Labute approximate surface area is 132 Å². The summed E-state index contributed by atoms with van der Waals surface area (Å²) < 4.78 is 1.93. The van der Waals surface area contributed by atoms with Crippen molar-refractivity contribution >= 4 is 0 Å². The van der Waals surface area contributed by atoms with Crippen molar-refractivity contribution in [2.24, 2.45) is 5.92 Å². The van der Waals surface area contributed by atoms with Gasteiger partial charge in [0.1, 0.15) is 12.1 Å². The lowest BCUT2D eigenvalue weighted by Gasteiger charge is -2.31. The Kier molecular flexibility index (Phi) is 5.19. The van der Waals surface area contributed by atoms with Crippen LogP contribution in [0.5, 0.6) is 0 Å². The third kappa shape index (κ3) is 3.93. The molecule has 0 aromatic carbocycles. The number of imidazole rings is 1. The van der Waals surface area contributed by atoms with Crippen LogP contribution in [0, 0.1) is 5.92 Å². The van der Waals surface area contributed by atoms with Gasteiger partial charge in [0, 0.05) is 25.1 Å². The van der Waals surface area contributed by atoms with Gasteiger partial charge in [-0.05, 0) is 63.5 Å². The van der Waals surface area contributed by atoms with Crippen molar-refractivity contribution in [2.45, 2.75) is 25.8 Å². The zero-order chi connectivity index (χ0) is 15.2. The maximum Gasteiger partial charge on any atom is 0.137 e. The van der Waals surface area contributed by atoms with E-state index in [1.165, 1.54) is 37.9 Å². The Morgan fingerprint density at radius 1 is 1.27 bits per heavy atom. The molecule has 0 radical (unpaired) electrons. The molecule has 0 bridgehead atoms. The van der Waals surface area contributed by atoms with Gasteiger partial charge in [-0.25, -0.2) is 9.97 Å². The number of nitrogens with zero attached hydrogens (tertiary/aromatic N) is 4. The number of aromatic nitrogens is 3. The second kappa shape index (κ2) is 7.51. The lowest BCUT2D eigenvalue weighted by Crippen LogP contribution is -2.34. The molecule has 2 aromatic heterocycles. The molecule has 0 aliphatic carbocycles. The monoisotopic (exact) mass is 299 g/mol. The van der Waals surface area contributed by atoms with E-state index in [0.717, 1.165) is 24.8 Å². The largest absolute Gasteiger partial charge is 0.320 e.